The second-order valence-corrected chi connectivity index (χ2v) is 7.75. The first-order valence-electron chi connectivity index (χ1n) is 10.7. The van der Waals surface area contributed by atoms with E-state index in [2.05, 4.69) is 20.1 Å². The lowest BCUT2D eigenvalue weighted by Crippen LogP contribution is -2.13. The Morgan fingerprint density at radius 3 is 2.90 bits per heavy atom. The lowest BCUT2D eigenvalue weighted by Gasteiger charge is -2.10. The number of aromatic nitrogens is 3. The van der Waals surface area contributed by atoms with Crippen LogP contribution in [0.3, 0.4) is 0 Å². The Kier molecular flexibility index (Phi) is 6.42. The average Bonchev–Trinajstić information content (AvgIpc) is 3.01. The minimum atomic E-state index is -0.0133. The van der Waals surface area contributed by atoms with Gasteiger partial charge in [-0.25, -0.2) is 0 Å². The van der Waals surface area contributed by atoms with Crippen molar-refractivity contribution in [1.82, 2.24) is 14.8 Å². The first-order valence-corrected chi connectivity index (χ1v) is 10.7. The first kappa shape index (κ1) is 20.1. The smallest absolute Gasteiger partial charge is 0.224 e. The Morgan fingerprint density at radius 1 is 1.10 bits per heavy atom. The summed E-state index contributed by atoms with van der Waals surface area (Å²) in [5.41, 5.74) is 2.87. The van der Waals surface area contributed by atoms with Crippen LogP contribution in [-0.2, 0) is 17.8 Å². The van der Waals surface area contributed by atoms with Gasteiger partial charge in [-0.1, -0.05) is 36.8 Å². The number of aryl methyl sites for hydroxylation is 2. The van der Waals surface area contributed by atoms with Gasteiger partial charge in [-0.05, 0) is 49.9 Å². The molecule has 6 nitrogen and oxygen atoms in total. The molecule has 1 N–H and O–H groups in total. The summed E-state index contributed by atoms with van der Waals surface area (Å²) in [7, 11) is 0. The van der Waals surface area contributed by atoms with E-state index in [1.54, 1.807) is 0 Å². The molecule has 2 aromatic carbocycles. The predicted octanol–water partition coefficient (Wildman–Crippen LogP) is 4.78. The summed E-state index contributed by atoms with van der Waals surface area (Å²) in [6.07, 6.45) is 5.61. The summed E-state index contributed by atoms with van der Waals surface area (Å²) in [4.78, 5) is 12.4. The third-order valence-electron chi connectivity index (χ3n) is 5.41. The summed E-state index contributed by atoms with van der Waals surface area (Å²) in [5.74, 6) is 2.80. The Morgan fingerprint density at radius 2 is 2.00 bits per heavy atom. The molecule has 0 bridgehead atoms. The van der Waals surface area contributed by atoms with Gasteiger partial charge in [-0.3, -0.25) is 4.79 Å². The largest absolute Gasteiger partial charge is 0.493 e. The predicted molar refractivity (Wildman–Crippen MR) is 118 cm³/mol. The molecule has 0 aliphatic carbocycles. The number of para-hydroxylation sites is 1. The van der Waals surface area contributed by atoms with Crippen LogP contribution in [0.2, 0.25) is 0 Å². The third kappa shape index (κ3) is 4.87. The lowest BCUT2D eigenvalue weighted by atomic mass is 10.1. The molecule has 6 heteroatoms. The van der Waals surface area contributed by atoms with E-state index in [0.29, 0.717) is 19.4 Å². The maximum Gasteiger partial charge on any atom is 0.224 e. The monoisotopic (exact) mass is 404 g/mol. The fourth-order valence-electron chi connectivity index (χ4n) is 3.79. The van der Waals surface area contributed by atoms with Gasteiger partial charge in [0.1, 0.15) is 11.6 Å². The third-order valence-corrected chi connectivity index (χ3v) is 5.41. The molecule has 0 saturated carbocycles. The van der Waals surface area contributed by atoms with E-state index in [-0.39, 0.29) is 5.91 Å². The zero-order valence-electron chi connectivity index (χ0n) is 17.4. The summed E-state index contributed by atoms with van der Waals surface area (Å²) >= 11 is 0. The second-order valence-electron chi connectivity index (χ2n) is 7.75. The minimum absolute atomic E-state index is 0.0133. The normalized spacial score (nSPS) is 13.4. The van der Waals surface area contributed by atoms with E-state index >= 15 is 0 Å². The SMILES string of the molecule is Cc1ccccc1OCCCC(=O)Nc1cccc(-c2nnc3n2CCCCC3)c1. The molecule has 4 rings (SSSR count). The van der Waals surface area contributed by atoms with Crippen molar-refractivity contribution in [2.75, 3.05) is 11.9 Å². The highest BCUT2D eigenvalue weighted by Gasteiger charge is 2.16. The number of nitrogens with zero attached hydrogens (tertiary/aromatic N) is 3. The standard InChI is InChI=1S/C24H28N4O2/c1-18-9-4-5-12-21(18)30-16-8-14-23(29)25-20-11-7-10-19(17-20)24-27-26-22-13-3-2-6-15-28(22)24/h4-5,7,9-12,17H,2-3,6,8,13-16H2,1H3,(H,25,29). The van der Waals surface area contributed by atoms with Gasteiger partial charge in [0, 0.05) is 30.6 Å². The molecule has 0 fully saturated rings. The molecule has 2 heterocycles. The van der Waals surface area contributed by atoms with Crippen LogP contribution in [0.1, 0.15) is 43.5 Å². The van der Waals surface area contributed by atoms with Crippen molar-refractivity contribution in [3.63, 3.8) is 0 Å². The molecule has 1 aliphatic heterocycles. The quantitative estimate of drug-likeness (QED) is 0.576. The van der Waals surface area contributed by atoms with E-state index in [1.165, 1.54) is 12.8 Å². The van der Waals surface area contributed by atoms with Gasteiger partial charge in [0.2, 0.25) is 5.91 Å². The van der Waals surface area contributed by atoms with E-state index < -0.39 is 0 Å². The summed E-state index contributed by atoms with van der Waals surface area (Å²) in [6.45, 7) is 3.49. The van der Waals surface area contributed by atoms with E-state index in [0.717, 1.165) is 53.6 Å². The van der Waals surface area contributed by atoms with Crippen molar-refractivity contribution in [3.8, 4) is 17.1 Å². The number of hydrogen-bond acceptors (Lipinski definition) is 4. The summed E-state index contributed by atoms with van der Waals surface area (Å²) < 4.78 is 7.99. The Balaban J connectivity index is 1.33. The van der Waals surface area contributed by atoms with Crippen LogP contribution < -0.4 is 10.1 Å². The number of ether oxygens (including phenoxy) is 1. The lowest BCUT2D eigenvalue weighted by molar-refractivity contribution is -0.116. The zero-order valence-corrected chi connectivity index (χ0v) is 17.4. The fraction of sp³-hybridized carbons (Fsp3) is 0.375. The minimum Gasteiger partial charge on any atom is -0.493 e. The van der Waals surface area contributed by atoms with Crippen LogP contribution >= 0.6 is 0 Å². The molecule has 156 valence electrons. The molecule has 0 spiro atoms. The fourth-order valence-corrected chi connectivity index (χ4v) is 3.79. The maximum absolute atomic E-state index is 12.4. The number of fused-ring (bicyclic) bond motifs is 1. The maximum atomic E-state index is 12.4. The number of hydrogen-bond donors (Lipinski definition) is 1. The van der Waals surface area contributed by atoms with E-state index in [9.17, 15) is 4.79 Å². The van der Waals surface area contributed by atoms with Crippen molar-refractivity contribution in [1.29, 1.82) is 0 Å². The van der Waals surface area contributed by atoms with E-state index in [1.807, 2.05) is 55.5 Å². The molecular formula is C24H28N4O2. The molecule has 0 radical (unpaired) electrons. The van der Waals surface area contributed by atoms with Crippen LogP contribution in [0.15, 0.2) is 48.5 Å². The Hall–Kier alpha value is -3.15. The number of amides is 1. The zero-order chi connectivity index (χ0) is 20.8. The number of rotatable bonds is 7. The summed E-state index contributed by atoms with van der Waals surface area (Å²) in [5, 5.41) is 11.8. The molecule has 1 amide bonds. The van der Waals surface area contributed by atoms with Gasteiger partial charge in [0.05, 0.1) is 6.61 Å². The molecular weight excluding hydrogens is 376 g/mol. The van der Waals surface area contributed by atoms with Gasteiger partial charge < -0.3 is 14.6 Å². The molecule has 0 unspecified atom stereocenters. The van der Waals surface area contributed by atoms with Gasteiger partial charge in [-0.2, -0.15) is 0 Å². The van der Waals surface area contributed by atoms with Crippen molar-refractivity contribution < 1.29 is 9.53 Å². The molecule has 30 heavy (non-hydrogen) atoms. The molecule has 1 aromatic heterocycles. The van der Waals surface area contributed by atoms with Gasteiger partial charge >= 0.3 is 0 Å². The highest BCUT2D eigenvalue weighted by Crippen LogP contribution is 2.25. The molecule has 0 saturated heterocycles. The van der Waals surface area contributed by atoms with Gasteiger partial charge in [0.25, 0.3) is 0 Å². The summed E-state index contributed by atoms with van der Waals surface area (Å²) in [6, 6.07) is 15.8. The molecule has 3 aromatic rings. The number of nitrogens with one attached hydrogen (secondary N) is 1. The van der Waals surface area contributed by atoms with Gasteiger partial charge in [0.15, 0.2) is 5.82 Å². The van der Waals surface area contributed by atoms with E-state index in [4.69, 9.17) is 4.74 Å². The number of anilines is 1. The van der Waals surface area contributed by atoms with Crippen LogP contribution in [0.4, 0.5) is 5.69 Å². The number of benzene rings is 2. The Labute approximate surface area is 177 Å². The van der Waals surface area contributed by atoms with Gasteiger partial charge in [-0.15, -0.1) is 10.2 Å². The first-order chi connectivity index (χ1) is 14.7. The highest BCUT2D eigenvalue weighted by atomic mass is 16.5. The topological polar surface area (TPSA) is 69.0 Å². The van der Waals surface area contributed by atoms with Crippen molar-refractivity contribution >= 4 is 11.6 Å². The number of carbonyl (C=O) groups excluding carboxylic acids is 1. The number of carbonyl (C=O) groups is 1. The van der Waals surface area contributed by atoms with Crippen molar-refractivity contribution in [3.05, 3.63) is 59.9 Å². The van der Waals surface area contributed by atoms with Crippen LogP contribution in [-0.4, -0.2) is 27.3 Å². The highest BCUT2D eigenvalue weighted by molar-refractivity contribution is 5.91. The van der Waals surface area contributed by atoms with Crippen LogP contribution in [0.5, 0.6) is 5.75 Å². The Bertz CT molecular complexity index is 1010. The molecule has 0 atom stereocenters. The van der Waals surface area contributed by atoms with Crippen LogP contribution in [0, 0.1) is 6.92 Å². The van der Waals surface area contributed by atoms with Crippen molar-refractivity contribution in [2.24, 2.45) is 0 Å². The van der Waals surface area contributed by atoms with Crippen molar-refractivity contribution in [2.45, 2.75) is 52.0 Å². The van der Waals surface area contributed by atoms with Crippen LogP contribution in [0.25, 0.3) is 11.4 Å². The molecule has 1 aliphatic rings. The second kappa shape index (κ2) is 9.57. The average molecular weight is 405 g/mol.